The van der Waals surface area contributed by atoms with Crippen molar-refractivity contribution < 1.29 is 8.83 Å². The van der Waals surface area contributed by atoms with Crippen LogP contribution in [0.15, 0.2) is 167 Å². The van der Waals surface area contributed by atoms with Crippen molar-refractivity contribution in [2.75, 3.05) is 0 Å². The monoisotopic (exact) mass is 586 g/mol. The first-order chi connectivity index (χ1) is 22.8. The molecule has 2 heteroatoms. The van der Waals surface area contributed by atoms with Gasteiger partial charge in [0.25, 0.3) is 0 Å². The minimum absolute atomic E-state index is 0.865. The fraction of sp³-hybridized carbons (Fsp3) is 0. The maximum atomic E-state index is 6.57. The highest BCUT2D eigenvalue weighted by Gasteiger charge is 2.22. The zero-order chi connectivity index (χ0) is 30.2. The van der Waals surface area contributed by atoms with E-state index in [-0.39, 0.29) is 0 Å². The lowest BCUT2D eigenvalue weighted by Gasteiger charge is -2.18. The van der Waals surface area contributed by atoms with Gasteiger partial charge in [0.15, 0.2) is 0 Å². The van der Waals surface area contributed by atoms with Crippen molar-refractivity contribution in [2.24, 2.45) is 0 Å². The predicted octanol–water partition coefficient (Wildman–Crippen LogP) is 12.8. The fourth-order valence-corrected chi connectivity index (χ4v) is 7.55. The summed E-state index contributed by atoms with van der Waals surface area (Å²) >= 11 is 0. The lowest BCUT2D eigenvalue weighted by atomic mass is 9.84. The molecule has 0 unspecified atom stereocenters. The van der Waals surface area contributed by atoms with Crippen LogP contribution in [0.4, 0.5) is 0 Å². The molecule has 0 N–H and O–H groups in total. The van der Waals surface area contributed by atoms with Gasteiger partial charge in [-0.15, -0.1) is 0 Å². The second-order valence-electron chi connectivity index (χ2n) is 12.0. The topological polar surface area (TPSA) is 26.3 Å². The molecule has 0 atom stereocenters. The Bertz CT molecular complexity index is 2740. The summed E-state index contributed by atoms with van der Waals surface area (Å²) in [6.45, 7) is 0. The van der Waals surface area contributed by atoms with E-state index >= 15 is 0 Å². The van der Waals surface area contributed by atoms with Gasteiger partial charge in [-0.25, -0.2) is 0 Å². The third kappa shape index (κ3) is 3.59. The average molecular weight is 587 g/mol. The van der Waals surface area contributed by atoms with Crippen LogP contribution < -0.4 is 0 Å². The molecule has 0 saturated heterocycles. The molecular formula is C44H26O2. The first-order valence-corrected chi connectivity index (χ1v) is 15.7. The first kappa shape index (κ1) is 25.2. The highest BCUT2D eigenvalue weighted by Crippen LogP contribution is 2.49. The van der Waals surface area contributed by atoms with Crippen LogP contribution in [0.3, 0.4) is 0 Å². The normalized spacial score (nSPS) is 11.9. The molecule has 10 aromatic rings. The van der Waals surface area contributed by atoms with Crippen LogP contribution in [0.1, 0.15) is 0 Å². The SMILES string of the molecule is c1ccc(-c2cccc(-c3c4ccccc4c(-c4cccc5oc6ccc7oc8ccccc8c7c6c45)c4ccccc34)c2)cc1. The van der Waals surface area contributed by atoms with Crippen LogP contribution in [0.2, 0.25) is 0 Å². The molecule has 214 valence electrons. The number of hydrogen-bond acceptors (Lipinski definition) is 2. The van der Waals surface area contributed by atoms with Crippen molar-refractivity contribution >= 4 is 65.4 Å². The molecule has 8 aromatic carbocycles. The predicted molar refractivity (Wildman–Crippen MR) is 192 cm³/mol. The van der Waals surface area contributed by atoms with E-state index in [1.807, 2.05) is 24.3 Å². The standard InChI is InChI=1S/C44H26O2/c1-2-12-27(13-3-1)28-14-10-15-29(26-28)40-30-16-4-6-18-32(30)41(33-19-7-5-17-31(33)40)35-21-11-23-37-43(35)44-39(46-37)25-24-38-42(44)34-20-8-9-22-36(34)45-38/h1-26H. The Morgan fingerprint density at radius 3 is 1.52 bits per heavy atom. The van der Waals surface area contributed by atoms with Gasteiger partial charge in [0.1, 0.15) is 22.3 Å². The van der Waals surface area contributed by atoms with E-state index < -0.39 is 0 Å². The van der Waals surface area contributed by atoms with Crippen molar-refractivity contribution in [1.82, 2.24) is 0 Å². The molecule has 0 aliphatic rings. The van der Waals surface area contributed by atoms with Gasteiger partial charge >= 0.3 is 0 Å². The van der Waals surface area contributed by atoms with E-state index in [1.165, 1.54) is 49.4 Å². The van der Waals surface area contributed by atoms with Crippen LogP contribution >= 0.6 is 0 Å². The van der Waals surface area contributed by atoms with Gasteiger partial charge in [-0.3, -0.25) is 0 Å². The molecular weight excluding hydrogens is 560 g/mol. The summed E-state index contributed by atoms with van der Waals surface area (Å²) < 4.78 is 12.9. The number of furan rings is 2. The Balaban J connectivity index is 1.34. The van der Waals surface area contributed by atoms with E-state index in [0.717, 1.165) is 49.4 Å². The summed E-state index contributed by atoms with van der Waals surface area (Å²) in [5, 5.41) is 9.30. The number of para-hydroxylation sites is 1. The summed E-state index contributed by atoms with van der Waals surface area (Å²) in [6.07, 6.45) is 0. The quantitative estimate of drug-likeness (QED) is 0.193. The molecule has 0 spiro atoms. The van der Waals surface area contributed by atoms with Crippen molar-refractivity contribution in [1.29, 1.82) is 0 Å². The molecule has 0 fully saturated rings. The molecule has 2 aromatic heterocycles. The summed E-state index contributed by atoms with van der Waals surface area (Å²) in [6, 6.07) is 56.1. The van der Waals surface area contributed by atoms with Crippen LogP contribution in [-0.4, -0.2) is 0 Å². The van der Waals surface area contributed by atoms with Crippen LogP contribution in [-0.2, 0) is 0 Å². The van der Waals surface area contributed by atoms with Crippen LogP contribution in [0.5, 0.6) is 0 Å². The molecule has 0 radical (unpaired) electrons. The molecule has 0 amide bonds. The molecule has 0 aliphatic carbocycles. The molecule has 2 heterocycles. The number of hydrogen-bond donors (Lipinski definition) is 0. The van der Waals surface area contributed by atoms with E-state index in [9.17, 15) is 0 Å². The number of fused-ring (bicyclic) bond motifs is 9. The third-order valence-electron chi connectivity index (χ3n) is 9.46. The minimum atomic E-state index is 0.865. The Kier molecular flexibility index (Phi) is 5.31. The molecule has 2 nitrogen and oxygen atoms in total. The van der Waals surface area contributed by atoms with Crippen molar-refractivity contribution in [2.45, 2.75) is 0 Å². The molecule has 10 rings (SSSR count). The van der Waals surface area contributed by atoms with Crippen LogP contribution in [0, 0.1) is 0 Å². The zero-order valence-electron chi connectivity index (χ0n) is 24.8. The number of rotatable bonds is 3. The summed E-state index contributed by atoms with van der Waals surface area (Å²) in [5.41, 5.74) is 10.7. The second-order valence-corrected chi connectivity index (χ2v) is 12.0. The molecule has 46 heavy (non-hydrogen) atoms. The van der Waals surface area contributed by atoms with E-state index in [2.05, 4.69) is 133 Å². The van der Waals surface area contributed by atoms with Gasteiger partial charge in [0.05, 0.1) is 0 Å². The Morgan fingerprint density at radius 2 is 0.783 bits per heavy atom. The van der Waals surface area contributed by atoms with Crippen molar-refractivity contribution in [3.63, 3.8) is 0 Å². The summed E-state index contributed by atoms with van der Waals surface area (Å²) in [5.74, 6) is 0. The lowest BCUT2D eigenvalue weighted by Crippen LogP contribution is -1.91. The number of benzene rings is 8. The Labute approximate surface area is 264 Å². The van der Waals surface area contributed by atoms with E-state index in [1.54, 1.807) is 0 Å². The Morgan fingerprint density at radius 1 is 0.283 bits per heavy atom. The van der Waals surface area contributed by atoms with E-state index in [4.69, 9.17) is 8.83 Å². The van der Waals surface area contributed by atoms with Gasteiger partial charge in [-0.05, 0) is 85.3 Å². The third-order valence-corrected chi connectivity index (χ3v) is 9.46. The van der Waals surface area contributed by atoms with Gasteiger partial charge < -0.3 is 8.83 Å². The van der Waals surface area contributed by atoms with Gasteiger partial charge in [-0.1, -0.05) is 127 Å². The largest absolute Gasteiger partial charge is 0.456 e. The first-order valence-electron chi connectivity index (χ1n) is 15.7. The van der Waals surface area contributed by atoms with Gasteiger partial charge in [-0.2, -0.15) is 0 Å². The highest BCUT2D eigenvalue weighted by atomic mass is 16.3. The van der Waals surface area contributed by atoms with E-state index in [0.29, 0.717) is 0 Å². The molecule has 0 saturated carbocycles. The van der Waals surface area contributed by atoms with Crippen molar-refractivity contribution in [3.8, 4) is 33.4 Å². The smallest absolute Gasteiger partial charge is 0.136 e. The summed E-state index contributed by atoms with van der Waals surface area (Å²) in [4.78, 5) is 0. The Hall–Kier alpha value is -6.12. The highest BCUT2D eigenvalue weighted by molar-refractivity contribution is 6.31. The fourth-order valence-electron chi connectivity index (χ4n) is 7.55. The summed E-state index contributed by atoms with van der Waals surface area (Å²) in [7, 11) is 0. The minimum Gasteiger partial charge on any atom is -0.456 e. The van der Waals surface area contributed by atoms with Crippen LogP contribution in [0.25, 0.3) is 98.8 Å². The van der Waals surface area contributed by atoms with Crippen molar-refractivity contribution in [3.05, 3.63) is 158 Å². The molecule has 0 aliphatic heterocycles. The maximum Gasteiger partial charge on any atom is 0.136 e. The average Bonchev–Trinajstić information content (AvgIpc) is 3.69. The zero-order valence-corrected chi connectivity index (χ0v) is 24.8. The lowest BCUT2D eigenvalue weighted by molar-refractivity contribution is 0.663. The second kappa shape index (κ2) is 9.69. The van der Waals surface area contributed by atoms with Gasteiger partial charge in [0, 0.05) is 21.5 Å². The maximum absolute atomic E-state index is 6.57. The molecule has 0 bridgehead atoms. The van der Waals surface area contributed by atoms with Gasteiger partial charge in [0.2, 0.25) is 0 Å².